The maximum absolute atomic E-state index is 5.84. The van der Waals surface area contributed by atoms with Crippen molar-refractivity contribution in [1.82, 2.24) is 30.1 Å². The van der Waals surface area contributed by atoms with Crippen LogP contribution in [0.2, 0.25) is 5.02 Å². The molecule has 0 bridgehead atoms. The second-order valence-corrected chi connectivity index (χ2v) is 4.77. The smallest absolute Gasteiger partial charge is 0.251 e. The molecule has 0 aliphatic rings. The number of aromatic nitrogens is 6. The monoisotopic (exact) mass is 290 g/mol. The second kappa shape index (κ2) is 5.01. The van der Waals surface area contributed by atoms with Crippen LogP contribution in [0, 0.1) is 6.92 Å². The van der Waals surface area contributed by atoms with Gasteiger partial charge in [0.25, 0.3) is 5.89 Å². The number of rotatable bonds is 3. The van der Waals surface area contributed by atoms with Crippen molar-refractivity contribution in [1.29, 1.82) is 0 Å². The van der Waals surface area contributed by atoms with Crippen LogP contribution in [0.15, 0.2) is 29.0 Å². The topological polar surface area (TPSA) is 82.5 Å². The minimum absolute atomic E-state index is 0.206. The highest BCUT2D eigenvalue weighted by Crippen LogP contribution is 2.20. The average molecular weight is 291 g/mol. The Balaban J connectivity index is 1.88. The molecule has 102 valence electrons. The second-order valence-electron chi connectivity index (χ2n) is 4.33. The van der Waals surface area contributed by atoms with Crippen molar-refractivity contribution in [3.05, 3.63) is 41.1 Å². The van der Waals surface area contributed by atoms with E-state index in [0.717, 1.165) is 5.69 Å². The van der Waals surface area contributed by atoms with Crippen LogP contribution in [0.1, 0.15) is 24.6 Å². The summed E-state index contributed by atoms with van der Waals surface area (Å²) in [5.74, 6) is 0.833. The number of aryl methyl sites for hydroxylation is 1. The summed E-state index contributed by atoms with van der Waals surface area (Å²) in [6, 6.07) is 3.43. The molecule has 3 aromatic heterocycles. The van der Waals surface area contributed by atoms with Gasteiger partial charge in [0, 0.05) is 6.20 Å². The fraction of sp³-hybridized carbons (Fsp3) is 0.250. The summed E-state index contributed by atoms with van der Waals surface area (Å²) >= 11 is 5.84. The Labute approximate surface area is 119 Å². The lowest BCUT2D eigenvalue weighted by Gasteiger charge is -2.05. The van der Waals surface area contributed by atoms with E-state index >= 15 is 0 Å². The summed E-state index contributed by atoms with van der Waals surface area (Å²) in [7, 11) is 0. The molecule has 0 fully saturated rings. The van der Waals surface area contributed by atoms with Crippen LogP contribution in [0.4, 0.5) is 0 Å². The van der Waals surface area contributed by atoms with E-state index in [2.05, 4.69) is 25.4 Å². The Morgan fingerprint density at radius 3 is 2.80 bits per heavy atom. The molecule has 0 saturated heterocycles. The Morgan fingerprint density at radius 1 is 1.30 bits per heavy atom. The summed E-state index contributed by atoms with van der Waals surface area (Å²) in [6.07, 6.45) is 3.25. The van der Waals surface area contributed by atoms with Crippen molar-refractivity contribution in [2.45, 2.75) is 19.9 Å². The first-order valence-corrected chi connectivity index (χ1v) is 6.35. The molecule has 3 aromatic rings. The van der Waals surface area contributed by atoms with Crippen molar-refractivity contribution in [2.75, 3.05) is 0 Å². The van der Waals surface area contributed by atoms with Gasteiger partial charge in [0.2, 0.25) is 5.82 Å². The van der Waals surface area contributed by atoms with E-state index in [1.807, 2.05) is 19.9 Å². The Kier molecular flexibility index (Phi) is 3.19. The van der Waals surface area contributed by atoms with Gasteiger partial charge in [-0.05, 0) is 26.0 Å². The van der Waals surface area contributed by atoms with Gasteiger partial charge < -0.3 is 4.52 Å². The van der Waals surface area contributed by atoms with Crippen molar-refractivity contribution >= 4 is 11.6 Å². The van der Waals surface area contributed by atoms with Crippen LogP contribution in [0.3, 0.4) is 0 Å². The summed E-state index contributed by atoms with van der Waals surface area (Å²) in [6.45, 7) is 3.75. The molecule has 0 aromatic carbocycles. The van der Waals surface area contributed by atoms with E-state index in [0.29, 0.717) is 22.4 Å². The molecule has 0 amide bonds. The summed E-state index contributed by atoms with van der Waals surface area (Å²) in [5.41, 5.74) is 1.40. The Morgan fingerprint density at radius 2 is 2.15 bits per heavy atom. The van der Waals surface area contributed by atoms with Crippen molar-refractivity contribution in [3.8, 4) is 11.5 Å². The average Bonchev–Trinajstić information content (AvgIpc) is 3.08. The van der Waals surface area contributed by atoms with Gasteiger partial charge in [-0.15, -0.1) is 5.10 Å². The van der Waals surface area contributed by atoms with Crippen molar-refractivity contribution < 1.29 is 4.52 Å². The Hall–Kier alpha value is -2.28. The van der Waals surface area contributed by atoms with Gasteiger partial charge >= 0.3 is 0 Å². The van der Waals surface area contributed by atoms with Gasteiger partial charge in [-0.1, -0.05) is 16.8 Å². The van der Waals surface area contributed by atoms with Gasteiger partial charge in [0.05, 0.1) is 16.9 Å². The molecular weight excluding hydrogens is 280 g/mol. The molecular formula is C12H11ClN6O. The predicted octanol–water partition coefficient (Wildman–Crippen LogP) is 2.29. The number of nitrogens with zero attached hydrogens (tertiary/aromatic N) is 6. The first kappa shape index (κ1) is 12.7. The van der Waals surface area contributed by atoms with E-state index in [-0.39, 0.29) is 6.04 Å². The molecule has 3 rings (SSSR count). The highest BCUT2D eigenvalue weighted by Gasteiger charge is 2.18. The summed E-state index contributed by atoms with van der Waals surface area (Å²) < 4.78 is 6.90. The normalized spacial score (nSPS) is 12.6. The molecule has 0 aliphatic heterocycles. The SMILES string of the molecule is Cc1ccc(-c2noc([C@@H](C)n3cc(Cl)cn3)n2)nn1. The zero-order valence-corrected chi connectivity index (χ0v) is 11.6. The first-order valence-electron chi connectivity index (χ1n) is 5.97. The molecule has 0 spiro atoms. The summed E-state index contributed by atoms with van der Waals surface area (Å²) in [4.78, 5) is 4.31. The maximum atomic E-state index is 5.84. The van der Waals surface area contributed by atoms with Gasteiger partial charge in [0.15, 0.2) is 0 Å². The lowest BCUT2D eigenvalue weighted by atomic mass is 10.3. The molecule has 7 nitrogen and oxygen atoms in total. The molecule has 1 atom stereocenters. The quantitative estimate of drug-likeness (QED) is 0.736. The molecule has 20 heavy (non-hydrogen) atoms. The van der Waals surface area contributed by atoms with Gasteiger partial charge in [-0.3, -0.25) is 4.68 Å². The predicted molar refractivity (Wildman–Crippen MR) is 71.1 cm³/mol. The summed E-state index contributed by atoms with van der Waals surface area (Å²) in [5, 5.41) is 16.6. The first-order chi connectivity index (χ1) is 9.63. The molecule has 3 heterocycles. The third-order valence-corrected chi connectivity index (χ3v) is 2.99. The standard InChI is InChI=1S/C12H11ClN6O/c1-7-3-4-10(17-16-7)11-15-12(20-18-11)8(2)19-6-9(13)5-14-19/h3-6,8H,1-2H3/t8-/m1/s1. The van der Waals surface area contributed by atoms with Crippen LogP contribution in [0.5, 0.6) is 0 Å². The van der Waals surface area contributed by atoms with E-state index in [4.69, 9.17) is 16.1 Å². The van der Waals surface area contributed by atoms with Crippen molar-refractivity contribution in [2.24, 2.45) is 0 Å². The van der Waals surface area contributed by atoms with Crippen LogP contribution in [0.25, 0.3) is 11.5 Å². The van der Waals surface area contributed by atoms with E-state index in [1.165, 1.54) is 0 Å². The van der Waals surface area contributed by atoms with Crippen LogP contribution < -0.4 is 0 Å². The third kappa shape index (κ3) is 2.39. The molecule has 0 unspecified atom stereocenters. The number of hydrogen-bond donors (Lipinski definition) is 0. The third-order valence-electron chi connectivity index (χ3n) is 2.79. The van der Waals surface area contributed by atoms with E-state index in [1.54, 1.807) is 23.1 Å². The van der Waals surface area contributed by atoms with Crippen LogP contribution in [-0.2, 0) is 0 Å². The molecule has 8 heteroatoms. The number of hydrogen-bond acceptors (Lipinski definition) is 6. The highest BCUT2D eigenvalue weighted by molar-refractivity contribution is 6.30. The molecule has 0 N–H and O–H groups in total. The number of halogens is 1. The van der Waals surface area contributed by atoms with Crippen molar-refractivity contribution in [3.63, 3.8) is 0 Å². The minimum atomic E-state index is -0.206. The van der Waals surface area contributed by atoms with Crippen LogP contribution >= 0.6 is 11.6 Å². The largest absolute Gasteiger partial charge is 0.337 e. The fourth-order valence-electron chi connectivity index (χ4n) is 1.67. The maximum Gasteiger partial charge on any atom is 0.251 e. The van der Waals surface area contributed by atoms with Crippen LogP contribution in [-0.4, -0.2) is 30.1 Å². The van der Waals surface area contributed by atoms with Gasteiger partial charge in [-0.2, -0.15) is 15.2 Å². The zero-order chi connectivity index (χ0) is 14.1. The van der Waals surface area contributed by atoms with E-state index in [9.17, 15) is 0 Å². The van der Waals surface area contributed by atoms with Gasteiger partial charge in [0.1, 0.15) is 11.7 Å². The minimum Gasteiger partial charge on any atom is -0.337 e. The lowest BCUT2D eigenvalue weighted by Crippen LogP contribution is -2.07. The fourth-order valence-corrected chi connectivity index (χ4v) is 1.81. The molecule has 0 radical (unpaired) electrons. The highest BCUT2D eigenvalue weighted by atomic mass is 35.5. The zero-order valence-electron chi connectivity index (χ0n) is 10.9. The molecule has 0 saturated carbocycles. The van der Waals surface area contributed by atoms with Gasteiger partial charge in [-0.25, -0.2) is 0 Å². The van der Waals surface area contributed by atoms with E-state index < -0.39 is 0 Å². The Bertz CT molecular complexity index is 720. The molecule has 0 aliphatic carbocycles. The lowest BCUT2D eigenvalue weighted by molar-refractivity contribution is 0.336.